The van der Waals surface area contributed by atoms with E-state index in [-0.39, 0.29) is 23.2 Å². The van der Waals surface area contributed by atoms with Crippen LogP contribution in [0, 0.1) is 0 Å². The zero-order valence-corrected chi connectivity index (χ0v) is 15.2. The van der Waals surface area contributed by atoms with Gasteiger partial charge in [-0.3, -0.25) is 0 Å². The molecule has 0 radical (unpaired) electrons. The van der Waals surface area contributed by atoms with Gasteiger partial charge in [0.2, 0.25) is 0 Å². The first kappa shape index (κ1) is 17.8. The molecule has 136 valence electrons. The van der Waals surface area contributed by atoms with Gasteiger partial charge < -0.3 is 9.30 Å². The van der Waals surface area contributed by atoms with Crippen LogP contribution in [0.5, 0.6) is 6.01 Å². The first-order valence-corrected chi connectivity index (χ1v) is 9.92. The SMILES string of the molecule is CC(C)n1cnc(S(=O)(=O)NC2CCC(Oc3ncccn3)CC2)c1. The van der Waals surface area contributed by atoms with Gasteiger partial charge in [0.25, 0.3) is 10.0 Å². The molecule has 2 aromatic heterocycles. The molecule has 3 rings (SSSR count). The van der Waals surface area contributed by atoms with Crippen molar-refractivity contribution in [2.75, 3.05) is 0 Å². The number of hydrogen-bond acceptors (Lipinski definition) is 6. The summed E-state index contributed by atoms with van der Waals surface area (Å²) in [4.78, 5) is 12.1. The topological polar surface area (TPSA) is 99.0 Å². The van der Waals surface area contributed by atoms with E-state index in [1.165, 1.54) is 0 Å². The third-order valence-corrected chi connectivity index (χ3v) is 5.66. The quantitative estimate of drug-likeness (QED) is 0.840. The lowest BCUT2D eigenvalue weighted by atomic mass is 9.94. The minimum Gasteiger partial charge on any atom is -0.460 e. The molecular weight excluding hydrogens is 342 g/mol. The highest BCUT2D eigenvalue weighted by Gasteiger charge is 2.28. The van der Waals surface area contributed by atoms with Crippen molar-refractivity contribution in [3.8, 4) is 6.01 Å². The van der Waals surface area contributed by atoms with E-state index in [0.717, 1.165) is 12.8 Å². The Labute approximate surface area is 147 Å². The van der Waals surface area contributed by atoms with Crippen molar-refractivity contribution in [3.63, 3.8) is 0 Å². The lowest BCUT2D eigenvalue weighted by Crippen LogP contribution is -2.39. The van der Waals surface area contributed by atoms with Crippen LogP contribution in [0.25, 0.3) is 0 Å². The van der Waals surface area contributed by atoms with Crippen LogP contribution in [-0.2, 0) is 10.0 Å². The summed E-state index contributed by atoms with van der Waals surface area (Å²) in [5.74, 6) is 0. The summed E-state index contributed by atoms with van der Waals surface area (Å²) in [7, 11) is -3.60. The van der Waals surface area contributed by atoms with Gasteiger partial charge in [-0.25, -0.2) is 28.1 Å². The third kappa shape index (κ3) is 4.55. The van der Waals surface area contributed by atoms with E-state index in [9.17, 15) is 8.42 Å². The van der Waals surface area contributed by atoms with E-state index < -0.39 is 10.0 Å². The lowest BCUT2D eigenvalue weighted by Gasteiger charge is -2.28. The highest BCUT2D eigenvalue weighted by atomic mass is 32.2. The van der Waals surface area contributed by atoms with Crippen molar-refractivity contribution in [1.29, 1.82) is 0 Å². The van der Waals surface area contributed by atoms with Crippen LogP contribution in [0.3, 0.4) is 0 Å². The van der Waals surface area contributed by atoms with Gasteiger partial charge in [-0.1, -0.05) is 0 Å². The van der Waals surface area contributed by atoms with Crippen molar-refractivity contribution in [1.82, 2.24) is 24.2 Å². The number of nitrogens with one attached hydrogen (secondary N) is 1. The maximum atomic E-state index is 12.5. The van der Waals surface area contributed by atoms with Gasteiger partial charge in [0, 0.05) is 30.7 Å². The van der Waals surface area contributed by atoms with Gasteiger partial charge >= 0.3 is 6.01 Å². The standard InChI is InChI=1S/C16H23N5O3S/c1-12(2)21-10-15(19-11-21)25(22,23)20-13-4-6-14(7-5-13)24-16-17-8-3-9-18-16/h3,8-14,20H,4-7H2,1-2H3. The summed E-state index contributed by atoms with van der Waals surface area (Å²) >= 11 is 0. The molecule has 1 N–H and O–H groups in total. The Morgan fingerprint density at radius 1 is 1.16 bits per heavy atom. The highest BCUT2D eigenvalue weighted by molar-refractivity contribution is 7.89. The van der Waals surface area contributed by atoms with Crippen LogP contribution in [0.4, 0.5) is 0 Å². The van der Waals surface area contributed by atoms with Crippen molar-refractivity contribution >= 4 is 10.0 Å². The van der Waals surface area contributed by atoms with Crippen LogP contribution >= 0.6 is 0 Å². The van der Waals surface area contributed by atoms with E-state index in [2.05, 4.69) is 19.7 Å². The predicted molar refractivity (Wildman–Crippen MR) is 91.6 cm³/mol. The molecule has 25 heavy (non-hydrogen) atoms. The van der Waals surface area contributed by atoms with Crippen LogP contribution in [0.1, 0.15) is 45.6 Å². The normalized spacial score (nSPS) is 21.4. The molecule has 1 aliphatic rings. The second-order valence-electron chi connectivity index (χ2n) is 6.50. The largest absolute Gasteiger partial charge is 0.460 e. The maximum absolute atomic E-state index is 12.5. The molecule has 0 amide bonds. The molecule has 0 aliphatic heterocycles. The minimum atomic E-state index is -3.60. The van der Waals surface area contributed by atoms with Gasteiger partial charge in [0.15, 0.2) is 5.03 Å². The number of aromatic nitrogens is 4. The van der Waals surface area contributed by atoms with Crippen LogP contribution < -0.4 is 9.46 Å². The van der Waals surface area contributed by atoms with Crippen molar-refractivity contribution in [3.05, 3.63) is 31.0 Å². The summed E-state index contributed by atoms with van der Waals surface area (Å²) in [6.45, 7) is 3.95. The molecule has 0 spiro atoms. The number of imidazole rings is 1. The number of hydrogen-bond donors (Lipinski definition) is 1. The number of ether oxygens (including phenoxy) is 1. The Bertz CT molecular complexity index is 783. The average Bonchev–Trinajstić information content (AvgIpc) is 3.09. The summed E-state index contributed by atoms with van der Waals surface area (Å²) in [5, 5.41) is 0.0669. The molecule has 2 aromatic rings. The van der Waals surface area contributed by atoms with Crippen molar-refractivity contribution < 1.29 is 13.2 Å². The molecule has 0 bridgehead atoms. The van der Waals surface area contributed by atoms with Gasteiger partial charge in [-0.2, -0.15) is 0 Å². The highest BCUT2D eigenvalue weighted by Crippen LogP contribution is 2.23. The van der Waals surface area contributed by atoms with Gasteiger partial charge in [0.1, 0.15) is 6.10 Å². The second-order valence-corrected chi connectivity index (χ2v) is 8.16. The van der Waals surface area contributed by atoms with Crippen LogP contribution in [0.15, 0.2) is 36.0 Å². The fourth-order valence-corrected chi connectivity index (χ4v) is 4.05. The van der Waals surface area contributed by atoms with E-state index in [1.54, 1.807) is 35.6 Å². The second kappa shape index (κ2) is 7.49. The minimum absolute atomic E-state index is 0.0169. The number of sulfonamides is 1. The van der Waals surface area contributed by atoms with Gasteiger partial charge in [-0.15, -0.1) is 0 Å². The Balaban J connectivity index is 1.54. The molecule has 8 nitrogen and oxygen atoms in total. The Hall–Kier alpha value is -2.00. The molecule has 0 saturated heterocycles. The Kier molecular flexibility index (Phi) is 5.33. The third-order valence-electron chi connectivity index (χ3n) is 4.26. The lowest BCUT2D eigenvalue weighted by molar-refractivity contribution is 0.132. The molecule has 0 aromatic carbocycles. The molecular formula is C16H23N5O3S. The predicted octanol–water partition coefficient (Wildman–Crippen LogP) is 1.92. The number of nitrogens with zero attached hydrogens (tertiary/aromatic N) is 4. The van der Waals surface area contributed by atoms with Gasteiger partial charge in [-0.05, 0) is 45.6 Å². The average molecular weight is 365 g/mol. The van der Waals surface area contributed by atoms with Crippen molar-refractivity contribution in [2.45, 2.75) is 62.7 Å². The van der Waals surface area contributed by atoms with Crippen LogP contribution in [0.2, 0.25) is 0 Å². The summed E-state index contributed by atoms with van der Waals surface area (Å²) in [6.07, 6.45) is 9.33. The smallest absolute Gasteiger partial charge is 0.316 e. The molecule has 2 heterocycles. The van der Waals surface area contributed by atoms with E-state index >= 15 is 0 Å². The summed E-state index contributed by atoms with van der Waals surface area (Å²) in [5.41, 5.74) is 0. The van der Waals surface area contributed by atoms with Gasteiger partial charge in [0.05, 0.1) is 6.33 Å². The molecule has 1 aliphatic carbocycles. The fraction of sp³-hybridized carbons (Fsp3) is 0.562. The molecule has 1 saturated carbocycles. The molecule has 0 unspecified atom stereocenters. The molecule has 1 fully saturated rings. The van der Waals surface area contributed by atoms with E-state index in [1.807, 2.05) is 13.8 Å². The first-order valence-electron chi connectivity index (χ1n) is 8.43. The van der Waals surface area contributed by atoms with E-state index in [4.69, 9.17) is 4.74 Å². The zero-order valence-electron chi connectivity index (χ0n) is 14.4. The van der Waals surface area contributed by atoms with Crippen molar-refractivity contribution in [2.24, 2.45) is 0 Å². The summed E-state index contributed by atoms with van der Waals surface area (Å²) < 4.78 is 35.2. The Morgan fingerprint density at radius 3 is 2.44 bits per heavy atom. The van der Waals surface area contributed by atoms with E-state index in [0.29, 0.717) is 18.9 Å². The number of rotatable bonds is 6. The Morgan fingerprint density at radius 2 is 1.84 bits per heavy atom. The monoisotopic (exact) mass is 365 g/mol. The molecule has 0 atom stereocenters. The summed E-state index contributed by atoms with van der Waals surface area (Å²) in [6, 6.07) is 2.17. The maximum Gasteiger partial charge on any atom is 0.316 e. The molecule has 9 heteroatoms. The fourth-order valence-electron chi connectivity index (χ4n) is 2.81. The van der Waals surface area contributed by atoms with Crippen LogP contribution in [-0.4, -0.2) is 40.1 Å². The zero-order chi connectivity index (χ0) is 17.9. The first-order chi connectivity index (χ1) is 11.9.